The van der Waals surface area contributed by atoms with Crippen LogP contribution >= 0.6 is 0 Å². The largest absolute Gasteiger partial charge is 0.396 e. The molecule has 1 saturated carbocycles. The quantitative estimate of drug-likeness (QED) is 0.624. The monoisotopic (exact) mass is 242 g/mol. The third-order valence-corrected chi connectivity index (χ3v) is 4.04. The minimum atomic E-state index is -0.0555. The molecule has 0 aromatic carbocycles. The summed E-state index contributed by atoms with van der Waals surface area (Å²) in [6, 6.07) is 0. The molecule has 4 heteroatoms. The Bertz CT molecular complexity index is 234. The van der Waals surface area contributed by atoms with Crippen molar-refractivity contribution in [3.8, 4) is 0 Å². The summed E-state index contributed by atoms with van der Waals surface area (Å²) in [5, 5.41) is 12.4. The Balaban J connectivity index is 2.31. The summed E-state index contributed by atoms with van der Waals surface area (Å²) < 4.78 is 0. The maximum Gasteiger partial charge on any atom is 0.220 e. The van der Waals surface area contributed by atoms with E-state index in [-0.39, 0.29) is 23.8 Å². The summed E-state index contributed by atoms with van der Waals surface area (Å²) >= 11 is 0. The second-order valence-electron chi connectivity index (χ2n) is 5.36. The fourth-order valence-corrected chi connectivity index (χ4v) is 2.53. The fraction of sp³-hybridized carbons (Fsp3) is 0.923. The lowest BCUT2D eigenvalue weighted by atomic mass is 9.87. The number of hydrogen-bond donors (Lipinski definition) is 3. The van der Waals surface area contributed by atoms with Gasteiger partial charge < -0.3 is 16.2 Å². The van der Waals surface area contributed by atoms with Crippen molar-refractivity contribution in [1.82, 2.24) is 5.32 Å². The first-order valence-corrected chi connectivity index (χ1v) is 6.73. The zero-order valence-corrected chi connectivity index (χ0v) is 10.9. The highest BCUT2D eigenvalue weighted by molar-refractivity contribution is 5.76. The van der Waals surface area contributed by atoms with Crippen LogP contribution in [0, 0.1) is 11.3 Å². The van der Waals surface area contributed by atoms with Gasteiger partial charge in [0.05, 0.1) is 6.61 Å². The molecule has 17 heavy (non-hydrogen) atoms. The third-order valence-electron chi connectivity index (χ3n) is 4.04. The number of hydrogen-bond acceptors (Lipinski definition) is 3. The van der Waals surface area contributed by atoms with Crippen LogP contribution in [0.5, 0.6) is 0 Å². The van der Waals surface area contributed by atoms with Gasteiger partial charge in [-0.25, -0.2) is 0 Å². The molecule has 1 aliphatic rings. The van der Waals surface area contributed by atoms with E-state index in [0.29, 0.717) is 19.5 Å². The van der Waals surface area contributed by atoms with Crippen LogP contribution in [0.25, 0.3) is 0 Å². The average molecular weight is 242 g/mol. The van der Waals surface area contributed by atoms with E-state index in [1.807, 2.05) is 0 Å². The minimum Gasteiger partial charge on any atom is -0.396 e. The molecule has 100 valence electrons. The minimum absolute atomic E-state index is 0.0555. The smallest absolute Gasteiger partial charge is 0.220 e. The van der Waals surface area contributed by atoms with E-state index in [4.69, 9.17) is 5.73 Å². The van der Waals surface area contributed by atoms with Gasteiger partial charge in [0.15, 0.2) is 0 Å². The fourth-order valence-electron chi connectivity index (χ4n) is 2.53. The molecular formula is C13H26N2O2. The summed E-state index contributed by atoms with van der Waals surface area (Å²) in [5.41, 5.74) is 5.53. The topological polar surface area (TPSA) is 75.4 Å². The van der Waals surface area contributed by atoms with Gasteiger partial charge >= 0.3 is 0 Å². The van der Waals surface area contributed by atoms with E-state index in [0.717, 1.165) is 32.1 Å². The summed E-state index contributed by atoms with van der Waals surface area (Å²) in [6.45, 7) is 3.41. The molecule has 0 saturated heterocycles. The molecule has 0 aromatic heterocycles. The van der Waals surface area contributed by atoms with Crippen LogP contribution in [0.4, 0.5) is 0 Å². The Labute approximate surface area is 104 Å². The standard InChI is InChI=1S/C13H26N2O2/c1-2-11(8-14)7-12(17)15-9-13(10-16)5-3-4-6-13/h11,16H,2-10,14H2,1H3,(H,15,17). The summed E-state index contributed by atoms with van der Waals surface area (Å²) in [5.74, 6) is 0.352. The molecule has 1 amide bonds. The van der Waals surface area contributed by atoms with Gasteiger partial charge in [-0.3, -0.25) is 4.79 Å². The van der Waals surface area contributed by atoms with Crippen LogP contribution in [-0.4, -0.2) is 30.7 Å². The molecular weight excluding hydrogens is 216 g/mol. The number of carbonyl (C=O) groups excluding carboxylic acids is 1. The van der Waals surface area contributed by atoms with Crippen LogP contribution in [0.3, 0.4) is 0 Å². The van der Waals surface area contributed by atoms with E-state index in [9.17, 15) is 9.90 Å². The van der Waals surface area contributed by atoms with Gasteiger partial charge in [0.25, 0.3) is 0 Å². The summed E-state index contributed by atoms with van der Waals surface area (Å²) in [6.07, 6.45) is 5.83. The first-order valence-electron chi connectivity index (χ1n) is 6.73. The Morgan fingerprint density at radius 1 is 1.47 bits per heavy atom. The van der Waals surface area contributed by atoms with E-state index < -0.39 is 0 Å². The number of rotatable bonds is 7. The maximum absolute atomic E-state index is 11.7. The van der Waals surface area contributed by atoms with Crippen molar-refractivity contribution in [2.24, 2.45) is 17.1 Å². The van der Waals surface area contributed by atoms with Crippen molar-refractivity contribution >= 4 is 5.91 Å². The van der Waals surface area contributed by atoms with Crippen LogP contribution in [0.1, 0.15) is 45.4 Å². The molecule has 0 bridgehead atoms. The Hall–Kier alpha value is -0.610. The van der Waals surface area contributed by atoms with Gasteiger partial charge in [0.2, 0.25) is 5.91 Å². The maximum atomic E-state index is 11.7. The van der Waals surface area contributed by atoms with Crippen molar-refractivity contribution in [2.45, 2.75) is 45.4 Å². The van der Waals surface area contributed by atoms with Gasteiger partial charge in [0.1, 0.15) is 0 Å². The number of carbonyl (C=O) groups is 1. The Kier molecular flexibility index (Phi) is 5.92. The predicted octanol–water partition coefficient (Wildman–Crippen LogP) is 1.03. The lowest BCUT2D eigenvalue weighted by Crippen LogP contribution is -2.39. The zero-order chi connectivity index (χ0) is 12.7. The van der Waals surface area contributed by atoms with Gasteiger partial charge in [-0.15, -0.1) is 0 Å². The molecule has 4 nitrogen and oxygen atoms in total. The molecule has 1 aliphatic carbocycles. The Morgan fingerprint density at radius 3 is 2.59 bits per heavy atom. The zero-order valence-electron chi connectivity index (χ0n) is 10.9. The number of amides is 1. The SMILES string of the molecule is CCC(CN)CC(=O)NCC1(CO)CCCC1. The molecule has 0 aromatic rings. The van der Waals surface area contributed by atoms with Crippen molar-refractivity contribution in [3.05, 3.63) is 0 Å². The lowest BCUT2D eigenvalue weighted by molar-refractivity contribution is -0.122. The number of nitrogens with one attached hydrogen (secondary N) is 1. The van der Waals surface area contributed by atoms with Crippen LogP contribution in [-0.2, 0) is 4.79 Å². The third kappa shape index (κ3) is 4.28. The first kappa shape index (κ1) is 14.5. The van der Waals surface area contributed by atoms with Crippen LogP contribution in [0.15, 0.2) is 0 Å². The second-order valence-corrected chi connectivity index (χ2v) is 5.36. The van der Waals surface area contributed by atoms with Gasteiger partial charge in [-0.05, 0) is 25.3 Å². The predicted molar refractivity (Wildman–Crippen MR) is 68.4 cm³/mol. The van der Waals surface area contributed by atoms with Gasteiger partial charge in [-0.2, -0.15) is 0 Å². The molecule has 1 atom stereocenters. The normalized spacial score (nSPS) is 20.2. The van der Waals surface area contributed by atoms with Crippen molar-refractivity contribution in [2.75, 3.05) is 19.7 Å². The molecule has 0 spiro atoms. The van der Waals surface area contributed by atoms with E-state index in [1.54, 1.807) is 0 Å². The second kappa shape index (κ2) is 6.97. The Morgan fingerprint density at radius 2 is 2.12 bits per heavy atom. The van der Waals surface area contributed by atoms with Crippen LogP contribution in [0.2, 0.25) is 0 Å². The number of aliphatic hydroxyl groups is 1. The molecule has 1 rings (SSSR count). The highest BCUT2D eigenvalue weighted by Crippen LogP contribution is 2.36. The molecule has 0 heterocycles. The summed E-state index contributed by atoms with van der Waals surface area (Å²) in [4.78, 5) is 11.7. The summed E-state index contributed by atoms with van der Waals surface area (Å²) in [7, 11) is 0. The van der Waals surface area contributed by atoms with Gasteiger partial charge in [-0.1, -0.05) is 26.2 Å². The number of nitrogens with two attached hydrogens (primary N) is 1. The highest BCUT2D eigenvalue weighted by Gasteiger charge is 2.33. The average Bonchev–Trinajstić information content (AvgIpc) is 2.83. The molecule has 0 aliphatic heterocycles. The number of aliphatic hydroxyl groups excluding tert-OH is 1. The van der Waals surface area contributed by atoms with E-state index in [1.165, 1.54) is 0 Å². The first-order chi connectivity index (χ1) is 8.15. The lowest BCUT2D eigenvalue weighted by Gasteiger charge is -2.27. The van der Waals surface area contributed by atoms with Gasteiger partial charge in [0, 0.05) is 18.4 Å². The van der Waals surface area contributed by atoms with Crippen LogP contribution < -0.4 is 11.1 Å². The molecule has 0 radical (unpaired) electrons. The van der Waals surface area contributed by atoms with Crippen molar-refractivity contribution in [3.63, 3.8) is 0 Å². The van der Waals surface area contributed by atoms with Crippen molar-refractivity contribution in [1.29, 1.82) is 0 Å². The molecule has 4 N–H and O–H groups in total. The molecule has 1 fully saturated rings. The highest BCUT2D eigenvalue weighted by atomic mass is 16.3. The molecule has 1 unspecified atom stereocenters. The van der Waals surface area contributed by atoms with E-state index in [2.05, 4.69) is 12.2 Å². The van der Waals surface area contributed by atoms with E-state index >= 15 is 0 Å². The van der Waals surface area contributed by atoms with Crippen molar-refractivity contribution < 1.29 is 9.90 Å².